The first-order chi connectivity index (χ1) is 16.2. The predicted molar refractivity (Wildman–Crippen MR) is 138 cm³/mol. The fourth-order valence-corrected chi connectivity index (χ4v) is 5.04. The molecule has 0 radical (unpaired) electrons. The molecule has 0 aliphatic carbocycles. The number of thioether (sulfide) groups is 1. The summed E-state index contributed by atoms with van der Waals surface area (Å²) in [6.07, 6.45) is 1.65. The molecule has 0 unspecified atom stereocenters. The third-order valence-electron chi connectivity index (χ3n) is 5.25. The van der Waals surface area contributed by atoms with Gasteiger partial charge in [0.25, 0.3) is 11.1 Å². The lowest BCUT2D eigenvalue weighted by Crippen LogP contribution is -2.36. The molecule has 2 heterocycles. The molecule has 10 heteroatoms. The third kappa shape index (κ3) is 4.74. The Morgan fingerprint density at radius 3 is 2.47 bits per heavy atom. The first kappa shape index (κ1) is 24.4. The Kier molecular flexibility index (Phi) is 7.09. The second-order valence-corrected chi connectivity index (χ2v) is 9.72. The van der Waals surface area contributed by atoms with Gasteiger partial charge in [0, 0.05) is 11.4 Å². The van der Waals surface area contributed by atoms with Crippen LogP contribution in [-0.2, 0) is 9.59 Å². The number of para-hydroxylation sites is 1. The number of hydrogen-bond acceptors (Lipinski definition) is 4. The molecule has 4 rings (SSSR count). The Balaban J connectivity index is 1.56. The summed E-state index contributed by atoms with van der Waals surface area (Å²) in [7, 11) is 0. The van der Waals surface area contributed by atoms with Crippen molar-refractivity contribution in [3.8, 4) is 5.69 Å². The van der Waals surface area contributed by atoms with Crippen molar-refractivity contribution in [2.75, 3.05) is 11.9 Å². The molecule has 1 fully saturated rings. The van der Waals surface area contributed by atoms with E-state index in [4.69, 9.17) is 34.8 Å². The van der Waals surface area contributed by atoms with Gasteiger partial charge in [-0.3, -0.25) is 19.3 Å². The van der Waals surface area contributed by atoms with E-state index in [1.54, 1.807) is 42.5 Å². The molecule has 174 valence electrons. The fourth-order valence-electron chi connectivity index (χ4n) is 3.64. The number of rotatable bonds is 5. The van der Waals surface area contributed by atoms with Crippen LogP contribution < -0.4 is 5.32 Å². The number of aryl methyl sites for hydroxylation is 1. The lowest BCUT2D eigenvalue weighted by molar-refractivity contribution is -0.127. The average Bonchev–Trinajstić information content (AvgIpc) is 3.21. The summed E-state index contributed by atoms with van der Waals surface area (Å²) in [5.41, 5.74) is 3.58. The molecule has 3 aromatic rings. The molecule has 1 N–H and O–H groups in total. The van der Waals surface area contributed by atoms with Crippen molar-refractivity contribution in [1.82, 2.24) is 9.47 Å². The Hall–Kier alpha value is -2.71. The van der Waals surface area contributed by atoms with Gasteiger partial charge < -0.3 is 9.88 Å². The maximum absolute atomic E-state index is 12.9. The highest BCUT2D eigenvalue weighted by Crippen LogP contribution is 2.35. The van der Waals surface area contributed by atoms with Crippen LogP contribution in [0.3, 0.4) is 0 Å². The molecule has 0 atom stereocenters. The van der Waals surface area contributed by atoms with Gasteiger partial charge in [-0.1, -0.05) is 53.0 Å². The molecule has 1 aromatic heterocycles. The molecule has 34 heavy (non-hydrogen) atoms. The second-order valence-electron chi connectivity index (χ2n) is 7.53. The first-order valence-corrected chi connectivity index (χ1v) is 12.1. The highest BCUT2D eigenvalue weighted by atomic mass is 35.5. The number of imide groups is 1. The van der Waals surface area contributed by atoms with Crippen LogP contribution in [0.1, 0.15) is 17.0 Å². The van der Waals surface area contributed by atoms with Crippen LogP contribution in [0.25, 0.3) is 11.8 Å². The summed E-state index contributed by atoms with van der Waals surface area (Å²) in [5, 5.41) is 3.32. The molecule has 1 aliphatic heterocycles. The molecular formula is C24H18Cl3N3O3S. The van der Waals surface area contributed by atoms with E-state index in [2.05, 4.69) is 5.32 Å². The van der Waals surface area contributed by atoms with Crippen molar-refractivity contribution < 1.29 is 14.4 Å². The van der Waals surface area contributed by atoms with Crippen LogP contribution in [-0.4, -0.2) is 33.1 Å². The van der Waals surface area contributed by atoms with E-state index in [-0.39, 0.29) is 4.91 Å². The van der Waals surface area contributed by atoms with Gasteiger partial charge in [0.15, 0.2) is 0 Å². The van der Waals surface area contributed by atoms with E-state index < -0.39 is 23.6 Å². The highest BCUT2D eigenvalue weighted by molar-refractivity contribution is 8.18. The van der Waals surface area contributed by atoms with E-state index in [1.807, 2.05) is 30.5 Å². The van der Waals surface area contributed by atoms with E-state index in [9.17, 15) is 14.4 Å². The number of carbonyl (C=O) groups excluding carboxylic acids is 3. The summed E-state index contributed by atoms with van der Waals surface area (Å²) in [4.78, 5) is 39.0. The third-order valence-corrected chi connectivity index (χ3v) is 7.30. The van der Waals surface area contributed by atoms with Gasteiger partial charge in [0.1, 0.15) is 6.54 Å². The number of anilines is 1. The number of aromatic nitrogens is 1. The SMILES string of the molecule is Cc1cc(/C=C2/SC(=O)N(CC(=O)Nc3ccccc3Cl)C2=O)c(C)n1-c1cccc(Cl)c1Cl. The summed E-state index contributed by atoms with van der Waals surface area (Å²) in [5.74, 6) is -1.06. The van der Waals surface area contributed by atoms with Gasteiger partial charge in [-0.15, -0.1) is 0 Å². The minimum Gasteiger partial charge on any atom is -0.323 e. The highest BCUT2D eigenvalue weighted by Gasteiger charge is 2.36. The molecule has 0 saturated carbocycles. The van der Waals surface area contributed by atoms with Crippen LogP contribution in [0.2, 0.25) is 15.1 Å². The predicted octanol–water partition coefficient (Wildman–Crippen LogP) is 6.73. The van der Waals surface area contributed by atoms with Crippen LogP contribution in [0.15, 0.2) is 53.4 Å². The molecule has 1 aliphatic rings. The summed E-state index contributed by atoms with van der Waals surface area (Å²) >= 11 is 19.4. The largest absolute Gasteiger partial charge is 0.323 e. The Morgan fingerprint density at radius 1 is 1.03 bits per heavy atom. The minimum atomic E-state index is -0.533. The topological polar surface area (TPSA) is 71.4 Å². The number of nitrogens with zero attached hydrogens (tertiary/aromatic N) is 2. The van der Waals surface area contributed by atoms with E-state index >= 15 is 0 Å². The first-order valence-electron chi connectivity index (χ1n) is 10.1. The number of amides is 3. The smallest absolute Gasteiger partial charge is 0.294 e. The van der Waals surface area contributed by atoms with Crippen molar-refractivity contribution in [2.45, 2.75) is 13.8 Å². The molecule has 0 spiro atoms. The van der Waals surface area contributed by atoms with Gasteiger partial charge in [-0.2, -0.15) is 0 Å². The van der Waals surface area contributed by atoms with Gasteiger partial charge >= 0.3 is 0 Å². The van der Waals surface area contributed by atoms with Crippen molar-refractivity contribution in [2.24, 2.45) is 0 Å². The molecule has 6 nitrogen and oxygen atoms in total. The van der Waals surface area contributed by atoms with Crippen molar-refractivity contribution >= 4 is 75.4 Å². The van der Waals surface area contributed by atoms with Crippen LogP contribution >= 0.6 is 46.6 Å². The van der Waals surface area contributed by atoms with Crippen LogP contribution in [0.5, 0.6) is 0 Å². The van der Waals surface area contributed by atoms with E-state index in [1.165, 1.54) is 0 Å². The summed E-state index contributed by atoms with van der Waals surface area (Å²) in [6.45, 7) is 3.38. The van der Waals surface area contributed by atoms with Gasteiger partial charge in [-0.05, 0) is 67.6 Å². The van der Waals surface area contributed by atoms with Crippen molar-refractivity contribution in [3.63, 3.8) is 0 Å². The molecule has 1 saturated heterocycles. The fraction of sp³-hybridized carbons (Fsp3) is 0.125. The maximum Gasteiger partial charge on any atom is 0.294 e. The zero-order chi connectivity index (χ0) is 24.6. The number of nitrogens with one attached hydrogen (secondary N) is 1. The second kappa shape index (κ2) is 9.88. The number of benzene rings is 2. The lowest BCUT2D eigenvalue weighted by atomic mass is 10.2. The van der Waals surface area contributed by atoms with E-state index in [0.717, 1.165) is 33.6 Å². The molecule has 3 amide bonds. The zero-order valence-electron chi connectivity index (χ0n) is 18.1. The zero-order valence-corrected chi connectivity index (χ0v) is 21.1. The quantitative estimate of drug-likeness (QED) is 0.368. The normalized spacial score (nSPS) is 14.9. The minimum absolute atomic E-state index is 0.230. The van der Waals surface area contributed by atoms with Gasteiger partial charge in [0.2, 0.25) is 5.91 Å². The number of hydrogen-bond donors (Lipinski definition) is 1. The Morgan fingerprint density at radius 2 is 1.74 bits per heavy atom. The number of halogens is 3. The summed E-state index contributed by atoms with van der Waals surface area (Å²) in [6, 6.07) is 14.0. The molecule has 0 bridgehead atoms. The van der Waals surface area contributed by atoms with Crippen LogP contribution in [0.4, 0.5) is 10.5 Å². The van der Waals surface area contributed by atoms with Crippen LogP contribution in [0, 0.1) is 13.8 Å². The lowest BCUT2D eigenvalue weighted by Gasteiger charge is -2.13. The average molecular weight is 535 g/mol. The van der Waals surface area contributed by atoms with Crippen molar-refractivity contribution in [3.05, 3.63) is 85.5 Å². The van der Waals surface area contributed by atoms with Gasteiger partial charge in [0.05, 0.1) is 31.3 Å². The Labute approximate surface area is 215 Å². The standard InChI is InChI=1S/C24H18Cl3N3O3S/c1-13-10-15(14(2)30(13)19-9-5-7-17(26)22(19)27)11-20-23(32)29(24(33)34-20)12-21(31)28-18-8-4-3-6-16(18)25/h3-11H,12H2,1-2H3,(H,28,31)/b20-11+. The molecular weight excluding hydrogens is 517 g/mol. The van der Waals surface area contributed by atoms with Crippen molar-refractivity contribution in [1.29, 1.82) is 0 Å². The summed E-state index contributed by atoms with van der Waals surface area (Å²) < 4.78 is 1.93. The monoisotopic (exact) mass is 533 g/mol. The van der Waals surface area contributed by atoms with E-state index in [0.29, 0.717) is 26.4 Å². The Bertz CT molecular complexity index is 1370. The molecule has 2 aromatic carbocycles. The number of carbonyl (C=O) groups is 3. The van der Waals surface area contributed by atoms with Gasteiger partial charge in [-0.25, -0.2) is 0 Å². The maximum atomic E-state index is 12.9.